The van der Waals surface area contributed by atoms with Crippen molar-refractivity contribution in [3.63, 3.8) is 0 Å². The smallest absolute Gasteiger partial charge is 0.123 e. The van der Waals surface area contributed by atoms with Gasteiger partial charge in [-0.3, -0.25) is 0 Å². The highest BCUT2D eigenvalue weighted by molar-refractivity contribution is 5.49. The van der Waals surface area contributed by atoms with E-state index in [9.17, 15) is 9.18 Å². The first-order valence-electron chi connectivity index (χ1n) is 7.25. The summed E-state index contributed by atoms with van der Waals surface area (Å²) < 4.78 is 24.3. The van der Waals surface area contributed by atoms with Crippen LogP contribution in [0.15, 0.2) is 54.6 Å². The maximum absolute atomic E-state index is 12.8. The van der Waals surface area contributed by atoms with Crippen LogP contribution in [0, 0.1) is 5.82 Å². The van der Waals surface area contributed by atoms with Crippen molar-refractivity contribution in [3.8, 4) is 5.75 Å². The normalized spacial score (nSPS) is 11.9. The zero-order valence-corrected chi connectivity index (χ0v) is 12.3. The van der Waals surface area contributed by atoms with Gasteiger partial charge in [-0.2, -0.15) is 0 Å². The van der Waals surface area contributed by atoms with E-state index in [0.29, 0.717) is 31.8 Å². The molecule has 0 aliphatic carbocycles. The summed E-state index contributed by atoms with van der Waals surface area (Å²) in [5.41, 5.74) is 1.07. The van der Waals surface area contributed by atoms with Crippen LogP contribution in [0.25, 0.3) is 0 Å². The predicted octanol–water partition coefficient (Wildman–Crippen LogP) is 3.77. The summed E-state index contributed by atoms with van der Waals surface area (Å²) in [5.74, 6) is 0.283. The molecule has 0 saturated heterocycles. The zero-order chi connectivity index (χ0) is 15.6. The summed E-state index contributed by atoms with van der Waals surface area (Å²) in [6, 6.07) is 15.7. The molecule has 0 fully saturated rings. The van der Waals surface area contributed by atoms with Crippen molar-refractivity contribution in [1.82, 2.24) is 0 Å². The Labute approximate surface area is 129 Å². The predicted molar refractivity (Wildman–Crippen MR) is 82.2 cm³/mol. The van der Waals surface area contributed by atoms with Crippen molar-refractivity contribution in [2.75, 3.05) is 6.61 Å². The van der Waals surface area contributed by atoms with Crippen molar-refractivity contribution in [3.05, 3.63) is 66.0 Å². The lowest BCUT2D eigenvalue weighted by atomic mass is 10.2. The van der Waals surface area contributed by atoms with Gasteiger partial charge in [-0.25, -0.2) is 4.39 Å². The Bertz CT molecular complexity index is 554. The van der Waals surface area contributed by atoms with Crippen molar-refractivity contribution >= 4 is 6.29 Å². The van der Waals surface area contributed by atoms with Crippen LogP contribution in [0.1, 0.15) is 18.4 Å². The van der Waals surface area contributed by atoms with Gasteiger partial charge in [-0.05, 0) is 36.2 Å². The third-order valence-electron chi connectivity index (χ3n) is 3.18. The first-order valence-corrected chi connectivity index (χ1v) is 7.25. The number of rotatable bonds is 9. The minimum absolute atomic E-state index is 0.185. The largest absolute Gasteiger partial charge is 0.491 e. The molecule has 0 heterocycles. The molecule has 2 aromatic carbocycles. The third kappa shape index (κ3) is 5.66. The highest BCUT2D eigenvalue weighted by atomic mass is 19.1. The monoisotopic (exact) mass is 302 g/mol. The molecule has 0 aliphatic heterocycles. The van der Waals surface area contributed by atoms with Gasteiger partial charge < -0.3 is 14.3 Å². The van der Waals surface area contributed by atoms with Crippen LogP contribution < -0.4 is 4.74 Å². The maximum Gasteiger partial charge on any atom is 0.123 e. The lowest BCUT2D eigenvalue weighted by Crippen LogP contribution is -2.22. The molecule has 0 radical (unpaired) electrons. The number of hydrogen-bond acceptors (Lipinski definition) is 3. The molecule has 3 nitrogen and oxygen atoms in total. The van der Waals surface area contributed by atoms with Gasteiger partial charge in [0.15, 0.2) is 0 Å². The van der Waals surface area contributed by atoms with Gasteiger partial charge in [0.25, 0.3) is 0 Å². The van der Waals surface area contributed by atoms with Crippen molar-refractivity contribution < 1.29 is 18.7 Å². The first-order chi connectivity index (χ1) is 10.8. The summed E-state index contributed by atoms with van der Waals surface area (Å²) in [4.78, 5) is 10.6. The molecule has 22 heavy (non-hydrogen) atoms. The second kappa shape index (κ2) is 8.95. The van der Waals surface area contributed by atoms with Gasteiger partial charge in [0.05, 0.1) is 12.7 Å². The van der Waals surface area contributed by atoms with Crippen LogP contribution in [-0.4, -0.2) is 19.0 Å². The standard InChI is InChI=1S/C18H19FO3/c19-16-8-10-17(11-9-16)22-14-18(7-4-12-20)21-13-15-5-2-1-3-6-15/h1-3,5-6,8-12,18H,4,7,13-14H2. The minimum Gasteiger partial charge on any atom is -0.491 e. The number of hydrogen-bond donors (Lipinski definition) is 0. The van der Waals surface area contributed by atoms with E-state index >= 15 is 0 Å². The van der Waals surface area contributed by atoms with E-state index in [-0.39, 0.29) is 11.9 Å². The van der Waals surface area contributed by atoms with Crippen LogP contribution in [0.2, 0.25) is 0 Å². The molecule has 2 rings (SSSR count). The number of carbonyl (C=O) groups is 1. The molecule has 1 atom stereocenters. The Kier molecular flexibility index (Phi) is 6.58. The molecule has 2 aromatic rings. The van der Waals surface area contributed by atoms with Gasteiger partial charge in [0.1, 0.15) is 24.5 Å². The number of aldehydes is 1. The second-order valence-corrected chi connectivity index (χ2v) is 4.93. The Hall–Kier alpha value is -2.20. The number of carbonyl (C=O) groups excluding carboxylic acids is 1. The van der Waals surface area contributed by atoms with Crippen LogP contribution in [-0.2, 0) is 16.1 Å². The van der Waals surface area contributed by atoms with Crippen LogP contribution in [0.5, 0.6) is 5.75 Å². The van der Waals surface area contributed by atoms with E-state index < -0.39 is 0 Å². The second-order valence-electron chi connectivity index (χ2n) is 4.93. The van der Waals surface area contributed by atoms with Gasteiger partial charge in [0.2, 0.25) is 0 Å². The summed E-state index contributed by atoms with van der Waals surface area (Å²) >= 11 is 0. The van der Waals surface area contributed by atoms with E-state index in [1.807, 2.05) is 30.3 Å². The van der Waals surface area contributed by atoms with E-state index in [1.54, 1.807) is 12.1 Å². The Balaban J connectivity index is 1.85. The molecule has 0 spiro atoms. The lowest BCUT2D eigenvalue weighted by Gasteiger charge is -2.18. The average Bonchev–Trinajstić information content (AvgIpc) is 2.56. The quantitative estimate of drug-likeness (QED) is 0.661. The molecule has 0 aromatic heterocycles. The Morgan fingerprint density at radius 1 is 1.05 bits per heavy atom. The number of ether oxygens (including phenoxy) is 2. The fraction of sp³-hybridized carbons (Fsp3) is 0.278. The third-order valence-corrected chi connectivity index (χ3v) is 3.18. The topological polar surface area (TPSA) is 35.5 Å². The first kappa shape index (κ1) is 16.2. The van der Waals surface area contributed by atoms with Crippen molar-refractivity contribution in [2.45, 2.75) is 25.6 Å². The van der Waals surface area contributed by atoms with Crippen LogP contribution >= 0.6 is 0 Å². The van der Waals surface area contributed by atoms with Gasteiger partial charge >= 0.3 is 0 Å². The van der Waals surface area contributed by atoms with Crippen LogP contribution in [0.3, 0.4) is 0 Å². The minimum atomic E-state index is -0.301. The lowest BCUT2D eigenvalue weighted by molar-refractivity contribution is -0.108. The number of halogens is 1. The van der Waals surface area contributed by atoms with Gasteiger partial charge in [-0.1, -0.05) is 30.3 Å². The molecular formula is C18H19FO3. The molecule has 0 N–H and O–H groups in total. The summed E-state index contributed by atoms with van der Waals surface area (Å²) in [7, 11) is 0. The van der Waals surface area contributed by atoms with Crippen LogP contribution in [0.4, 0.5) is 4.39 Å². The Morgan fingerprint density at radius 2 is 1.77 bits per heavy atom. The van der Waals surface area contributed by atoms with Gasteiger partial charge in [0, 0.05) is 6.42 Å². The molecule has 116 valence electrons. The molecule has 0 bridgehead atoms. The summed E-state index contributed by atoms with van der Waals surface area (Å²) in [6.45, 7) is 0.795. The average molecular weight is 302 g/mol. The zero-order valence-electron chi connectivity index (χ0n) is 12.3. The fourth-order valence-electron chi connectivity index (χ4n) is 1.98. The highest BCUT2D eigenvalue weighted by Gasteiger charge is 2.10. The molecule has 0 saturated carbocycles. The molecular weight excluding hydrogens is 283 g/mol. The van der Waals surface area contributed by atoms with Crippen molar-refractivity contribution in [1.29, 1.82) is 0 Å². The van der Waals surface area contributed by atoms with Crippen molar-refractivity contribution in [2.24, 2.45) is 0 Å². The number of benzene rings is 2. The SMILES string of the molecule is O=CCCC(COc1ccc(F)cc1)OCc1ccccc1. The Morgan fingerprint density at radius 3 is 2.45 bits per heavy atom. The highest BCUT2D eigenvalue weighted by Crippen LogP contribution is 2.14. The maximum atomic E-state index is 12.8. The van der Waals surface area contributed by atoms with E-state index in [4.69, 9.17) is 9.47 Å². The molecule has 0 aliphatic rings. The molecule has 4 heteroatoms. The molecule has 0 amide bonds. The van der Waals surface area contributed by atoms with Gasteiger partial charge in [-0.15, -0.1) is 0 Å². The summed E-state index contributed by atoms with van der Waals surface area (Å²) in [6.07, 6.45) is 1.70. The van der Waals surface area contributed by atoms with E-state index in [0.717, 1.165) is 11.8 Å². The fourth-order valence-corrected chi connectivity index (χ4v) is 1.98. The van der Waals surface area contributed by atoms with E-state index in [2.05, 4.69) is 0 Å². The van der Waals surface area contributed by atoms with E-state index in [1.165, 1.54) is 12.1 Å². The summed E-state index contributed by atoms with van der Waals surface area (Å²) in [5, 5.41) is 0. The molecule has 1 unspecified atom stereocenters.